The van der Waals surface area contributed by atoms with Crippen LogP contribution in [0.15, 0.2) is 12.2 Å². The molecule has 0 aliphatic heterocycles. The van der Waals surface area contributed by atoms with Crippen LogP contribution in [0.25, 0.3) is 0 Å². The second-order valence-corrected chi connectivity index (χ2v) is 1.86. The summed E-state index contributed by atoms with van der Waals surface area (Å²) in [6, 6.07) is 0. The maximum atomic E-state index is 10.5. The van der Waals surface area contributed by atoms with E-state index in [0.29, 0.717) is 0 Å². The molecule has 0 saturated carbocycles. The zero-order valence-electron chi connectivity index (χ0n) is 6.86. The van der Waals surface area contributed by atoms with E-state index in [1.807, 2.05) is 0 Å². The molecule has 0 heterocycles. The Balaban J connectivity index is 0. The largest absolute Gasteiger partial charge is 1.00 e. The average Bonchev–Trinajstić information content (AvgIpc) is 1.87. The predicted octanol–water partition coefficient (Wildman–Crippen LogP) is -4.82. The van der Waals surface area contributed by atoms with Gasteiger partial charge in [-0.15, -0.1) is 0 Å². The van der Waals surface area contributed by atoms with Crippen LogP contribution in [0.2, 0.25) is 0 Å². The van der Waals surface area contributed by atoms with Crippen molar-refractivity contribution in [1.29, 1.82) is 0 Å². The molecule has 1 atom stereocenters. The number of aliphatic hydroxyl groups excluding tert-OH is 1. The Morgan fingerprint density at radius 3 is 2.25 bits per heavy atom. The van der Waals surface area contributed by atoms with Crippen molar-refractivity contribution in [2.75, 3.05) is 0 Å². The van der Waals surface area contributed by atoms with Crippen LogP contribution in [0.4, 0.5) is 0 Å². The maximum Gasteiger partial charge on any atom is 1.00 e. The Labute approximate surface area is 91.3 Å². The van der Waals surface area contributed by atoms with Crippen molar-refractivity contribution in [1.82, 2.24) is 0 Å². The molecule has 1 unspecified atom stereocenters. The summed E-state index contributed by atoms with van der Waals surface area (Å²) in [6.07, 6.45) is -2.22. The number of esters is 1. The van der Waals surface area contributed by atoms with Gasteiger partial charge >= 0.3 is 35.5 Å². The van der Waals surface area contributed by atoms with E-state index in [4.69, 9.17) is 5.11 Å². The number of carbonyl (C=O) groups is 2. The van der Waals surface area contributed by atoms with E-state index in [2.05, 4.69) is 11.3 Å². The molecule has 0 radical (unpaired) electrons. The normalized spacial score (nSPS) is 10.8. The monoisotopic (exact) mass is 182 g/mol. The first-order valence-corrected chi connectivity index (χ1v) is 2.70. The first kappa shape index (κ1) is 14.2. The average molecular weight is 182 g/mol. The molecule has 6 heteroatoms. The number of carboxylic acids is 1. The fourth-order valence-electron chi connectivity index (χ4n) is 0.250. The zero-order chi connectivity index (χ0) is 9.02. The standard InChI is InChI=1S/C6H8O5.Na/c1-3(2)5(9)11-6(10)4(7)8;/h6,10H,1H2,2H3,(H,7,8);/q;+1/p-1. The molecule has 0 bridgehead atoms. The molecular weight excluding hydrogens is 175 g/mol. The van der Waals surface area contributed by atoms with Gasteiger partial charge in [0.2, 0.25) is 6.29 Å². The number of hydrogen-bond acceptors (Lipinski definition) is 5. The Morgan fingerprint density at radius 2 is 2.00 bits per heavy atom. The van der Waals surface area contributed by atoms with Crippen molar-refractivity contribution in [3.05, 3.63) is 12.2 Å². The van der Waals surface area contributed by atoms with Gasteiger partial charge in [-0.3, -0.25) is 0 Å². The molecule has 1 N–H and O–H groups in total. The summed E-state index contributed by atoms with van der Waals surface area (Å²) in [5.74, 6) is -2.83. The number of carboxylic acid groups (broad SMARTS) is 1. The summed E-state index contributed by atoms with van der Waals surface area (Å²) in [6.45, 7) is 4.49. The third-order valence-electron chi connectivity index (χ3n) is 0.769. The number of carbonyl (C=O) groups excluding carboxylic acids is 2. The Hall–Kier alpha value is -0.360. The number of aliphatic carboxylic acids is 1. The first-order chi connectivity index (χ1) is 4.95. The van der Waals surface area contributed by atoms with Gasteiger partial charge < -0.3 is 19.7 Å². The Kier molecular flexibility index (Phi) is 7.31. The third-order valence-corrected chi connectivity index (χ3v) is 0.769. The summed E-state index contributed by atoms with van der Waals surface area (Å²) in [5, 5.41) is 18.2. The summed E-state index contributed by atoms with van der Waals surface area (Å²) < 4.78 is 3.93. The van der Waals surface area contributed by atoms with Crippen molar-refractivity contribution in [2.45, 2.75) is 13.2 Å². The Bertz CT molecular complexity index is 200. The van der Waals surface area contributed by atoms with Gasteiger partial charge in [0.25, 0.3) is 0 Å². The van der Waals surface area contributed by atoms with Crippen molar-refractivity contribution < 1.29 is 54.1 Å². The number of aliphatic hydroxyl groups is 1. The molecule has 12 heavy (non-hydrogen) atoms. The Morgan fingerprint density at radius 1 is 1.58 bits per heavy atom. The quantitative estimate of drug-likeness (QED) is 0.205. The molecule has 0 aromatic carbocycles. The second-order valence-electron chi connectivity index (χ2n) is 1.86. The molecule has 0 aliphatic rings. The minimum atomic E-state index is -2.22. The summed E-state index contributed by atoms with van der Waals surface area (Å²) in [4.78, 5) is 20.3. The van der Waals surface area contributed by atoms with Crippen LogP contribution in [-0.4, -0.2) is 23.3 Å². The number of rotatable bonds is 3. The van der Waals surface area contributed by atoms with Crippen LogP contribution >= 0.6 is 0 Å². The van der Waals surface area contributed by atoms with Gasteiger partial charge in [0.15, 0.2) is 0 Å². The molecule has 0 spiro atoms. The minimum Gasteiger partial charge on any atom is -0.544 e. The molecule has 0 amide bonds. The van der Waals surface area contributed by atoms with Gasteiger partial charge in [-0.2, -0.15) is 0 Å². The van der Waals surface area contributed by atoms with Crippen LogP contribution in [0, 0.1) is 0 Å². The minimum absolute atomic E-state index is 0. The van der Waals surface area contributed by atoms with Crippen LogP contribution in [0.5, 0.6) is 0 Å². The smallest absolute Gasteiger partial charge is 0.544 e. The van der Waals surface area contributed by atoms with Crippen LogP contribution in [0.3, 0.4) is 0 Å². The maximum absolute atomic E-state index is 10.5. The van der Waals surface area contributed by atoms with E-state index in [9.17, 15) is 14.7 Å². The topological polar surface area (TPSA) is 86.7 Å². The molecule has 0 rings (SSSR count). The van der Waals surface area contributed by atoms with Gasteiger partial charge in [0, 0.05) is 5.57 Å². The van der Waals surface area contributed by atoms with Crippen molar-refractivity contribution >= 4 is 11.9 Å². The van der Waals surface area contributed by atoms with Crippen molar-refractivity contribution in [3.63, 3.8) is 0 Å². The van der Waals surface area contributed by atoms with Crippen LogP contribution in [-0.2, 0) is 14.3 Å². The molecular formula is C6H7NaO5. The predicted molar refractivity (Wildman–Crippen MR) is 31.9 cm³/mol. The third kappa shape index (κ3) is 5.31. The summed E-state index contributed by atoms with van der Waals surface area (Å²) in [5.41, 5.74) is 0.00491. The molecule has 0 fully saturated rings. The number of ether oxygens (including phenoxy) is 1. The van der Waals surface area contributed by atoms with Crippen molar-refractivity contribution in [2.24, 2.45) is 0 Å². The molecule has 0 saturated heterocycles. The van der Waals surface area contributed by atoms with E-state index in [0.717, 1.165) is 0 Å². The van der Waals surface area contributed by atoms with E-state index in [1.54, 1.807) is 0 Å². The van der Waals surface area contributed by atoms with Crippen molar-refractivity contribution in [3.8, 4) is 0 Å². The first-order valence-electron chi connectivity index (χ1n) is 2.70. The molecule has 0 aliphatic carbocycles. The fraction of sp³-hybridized carbons (Fsp3) is 0.333. The van der Waals surface area contributed by atoms with E-state index < -0.39 is 18.2 Å². The van der Waals surface area contributed by atoms with Gasteiger partial charge in [-0.1, -0.05) is 6.58 Å². The SMILES string of the molecule is C=C(C)C(=O)OC(O)C(=O)[O-].[Na+]. The van der Waals surface area contributed by atoms with E-state index in [1.165, 1.54) is 6.92 Å². The van der Waals surface area contributed by atoms with E-state index in [-0.39, 0.29) is 35.1 Å². The molecule has 0 aromatic heterocycles. The van der Waals surface area contributed by atoms with Gasteiger partial charge in [0.05, 0.1) is 0 Å². The number of hydrogen-bond donors (Lipinski definition) is 1. The molecule has 5 nitrogen and oxygen atoms in total. The van der Waals surface area contributed by atoms with Gasteiger partial charge in [-0.25, -0.2) is 4.79 Å². The summed E-state index contributed by atoms with van der Waals surface area (Å²) in [7, 11) is 0. The van der Waals surface area contributed by atoms with Gasteiger partial charge in [0.1, 0.15) is 5.97 Å². The second kappa shape index (κ2) is 6.19. The van der Waals surface area contributed by atoms with E-state index >= 15 is 0 Å². The van der Waals surface area contributed by atoms with Crippen LogP contribution < -0.4 is 34.7 Å². The zero-order valence-corrected chi connectivity index (χ0v) is 8.86. The molecule has 0 aromatic rings. The molecule has 62 valence electrons. The summed E-state index contributed by atoms with van der Waals surface area (Å²) >= 11 is 0. The van der Waals surface area contributed by atoms with Crippen LogP contribution in [0.1, 0.15) is 6.92 Å². The fourth-order valence-corrected chi connectivity index (χ4v) is 0.250. The van der Waals surface area contributed by atoms with Gasteiger partial charge in [-0.05, 0) is 6.92 Å².